The van der Waals surface area contributed by atoms with E-state index in [-0.39, 0.29) is 23.7 Å². The van der Waals surface area contributed by atoms with Gasteiger partial charge in [-0.2, -0.15) is 13.4 Å². The van der Waals surface area contributed by atoms with E-state index < -0.39 is 34.2 Å². The van der Waals surface area contributed by atoms with Gasteiger partial charge in [-0.05, 0) is 25.1 Å². The highest BCUT2D eigenvalue weighted by molar-refractivity contribution is 7.86. The zero-order valence-electron chi connectivity index (χ0n) is 14.0. The molecule has 26 heavy (non-hydrogen) atoms. The third kappa shape index (κ3) is 3.93. The molecule has 1 aliphatic heterocycles. The molecule has 3 N–H and O–H groups in total. The number of aryl methyl sites for hydroxylation is 1. The highest BCUT2D eigenvalue weighted by Crippen LogP contribution is 2.28. The van der Waals surface area contributed by atoms with Gasteiger partial charge in [-0.3, -0.25) is 8.75 Å². The van der Waals surface area contributed by atoms with Gasteiger partial charge in [0.1, 0.15) is 18.1 Å². The van der Waals surface area contributed by atoms with Gasteiger partial charge in [0, 0.05) is 12.6 Å². The first-order valence-corrected chi connectivity index (χ1v) is 9.31. The topological polar surface area (TPSA) is 134 Å². The summed E-state index contributed by atoms with van der Waals surface area (Å²) in [5.41, 5.74) is 5.75. The van der Waals surface area contributed by atoms with E-state index in [9.17, 15) is 18.3 Å². The van der Waals surface area contributed by atoms with Gasteiger partial charge < -0.3 is 15.6 Å². The van der Waals surface area contributed by atoms with Crippen LogP contribution in [0.15, 0.2) is 46.2 Å². The fraction of sp³-hybridized carbons (Fsp3) is 0.375. The van der Waals surface area contributed by atoms with Crippen molar-refractivity contribution in [2.75, 3.05) is 12.3 Å². The van der Waals surface area contributed by atoms with Crippen molar-refractivity contribution in [1.29, 1.82) is 0 Å². The van der Waals surface area contributed by atoms with Crippen LogP contribution < -0.4 is 11.4 Å². The second-order valence-corrected chi connectivity index (χ2v) is 7.64. The third-order valence-electron chi connectivity index (χ3n) is 4.06. The summed E-state index contributed by atoms with van der Waals surface area (Å²) in [5.74, 6) is 0.0777. The Morgan fingerprint density at radius 2 is 2.04 bits per heavy atom. The number of aliphatic hydroxyl groups excluding tert-OH is 1. The van der Waals surface area contributed by atoms with Crippen LogP contribution in [0.4, 0.5) is 5.82 Å². The predicted octanol–water partition coefficient (Wildman–Crippen LogP) is 0.188. The molecule has 0 amide bonds. The first-order valence-electron chi connectivity index (χ1n) is 7.90. The molecule has 0 saturated carbocycles. The Morgan fingerprint density at radius 1 is 1.35 bits per heavy atom. The van der Waals surface area contributed by atoms with Crippen LogP contribution in [0.2, 0.25) is 0 Å². The Kier molecular flexibility index (Phi) is 5.10. The van der Waals surface area contributed by atoms with Gasteiger partial charge in [0.25, 0.3) is 10.1 Å². The first kappa shape index (κ1) is 18.5. The van der Waals surface area contributed by atoms with Crippen molar-refractivity contribution in [3.05, 3.63) is 52.6 Å². The molecule has 1 saturated heterocycles. The van der Waals surface area contributed by atoms with Crippen molar-refractivity contribution < 1.29 is 22.4 Å². The van der Waals surface area contributed by atoms with E-state index >= 15 is 0 Å². The van der Waals surface area contributed by atoms with E-state index in [0.717, 1.165) is 5.56 Å². The van der Waals surface area contributed by atoms with Crippen LogP contribution in [0.1, 0.15) is 18.2 Å². The smallest absolute Gasteiger partial charge is 0.351 e. The number of benzene rings is 1. The fourth-order valence-electron chi connectivity index (χ4n) is 2.61. The van der Waals surface area contributed by atoms with Gasteiger partial charge in [-0.15, -0.1) is 0 Å². The maximum Gasteiger partial charge on any atom is 0.351 e. The molecule has 3 atom stereocenters. The normalized spacial score (nSPS) is 23.2. The highest BCUT2D eigenvalue weighted by Gasteiger charge is 2.36. The molecule has 140 valence electrons. The van der Waals surface area contributed by atoms with Crippen LogP contribution in [0, 0.1) is 6.92 Å². The van der Waals surface area contributed by atoms with Crippen molar-refractivity contribution in [3.8, 4) is 0 Å². The highest BCUT2D eigenvalue weighted by atomic mass is 32.2. The minimum Gasteiger partial charge on any atom is -0.390 e. The van der Waals surface area contributed by atoms with Crippen molar-refractivity contribution in [3.63, 3.8) is 0 Å². The molecular weight excluding hydrogens is 362 g/mol. The third-order valence-corrected chi connectivity index (χ3v) is 5.36. The second-order valence-electron chi connectivity index (χ2n) is 6.03. The summed E-state index contributed by atoms with van der Waals surface area (Å²) in [5, 5.41) is 10.1. The second kappa shape index (κ2) is 7.16. The van der Waals surface area contributed by atoms with Crippen molar-refractivity contribution in [1.82, 2.24) is 9.55 Å². The van der Waals surface area contributed by atoms with Crippen LogP contribution in [-0.4, -0.2) is 41.9 Å². The maximum absolute atomic E-state index is 12.2. The number of hydrogen-bond acceptors (Lipinski definition) is 8. The maximum atomic E-state index is 12.2. The average Bonchev–Trinajstić information content (AvgIpc) is 2.94. The quantitative estimate of drug-likeness (QED) is 0.701. The largest absolute Gasteiger partial charge is 0.390 e. The van der Waals surface area contributed by atoms with E-state index in [0.29, 0.717) is 0 Å². The van der Waals surface area contributed by atoms with Gasteiger partial charge >= 0.3 is 5.69 Å². The number of rotatable bonds is 5. The number of anilines is 1. The Bertz CT molecular complexity index is 941. The molecule has 1 aliphatic rings. The molecule has 1 aromatic heterocycles. The van der Waals surface area contributed by atoms with Crippen molar-refractivity contribution in [2.45, 2.75) is 36.7 Å². The van der Waals surface area contributed by atoms with E-state index in [1.165, 1.54) is 29.0 Å². The number of ether oxygens (including phenoxy) is 1. The van der Waals surface area contributed by atoms with Crippen LogP contribution >= 0.6 is 0 Å². The minimum atomic E-state index is -3.97. The Balaban J connectivity index is 1.67. The summed E-state index contributed by atoms with van der Waals surface area (Å²) in [6.07, 6.45) is -1.15. The molecule has 0 bridgehead atoms. The minimum absolute atomic E-state index is 0.0195. The fourth-order valence-corrected chi connectivity index (χ4v) is 3.53. The van der Waals surface area contributed by atoms with E-state index in [4.69, 9.17) is 14.7 Å². The summed E-state index contributed by atoms with van der Waals surface area (Å²) in [6.45, 7) is 1.47. The Hall–Kier alpha value is -2.27. The van der Waals surface area contributed by atoms with Crippen molar-refractivity contribution >= 4 is 15.9 Å². The molecule has 0 unspecified atom stereocenters. The lowest BCUT2D eigenvalue weighted by Crippen LogP contribution is -2.29. The number of hydrogen-bond donors (Lipinski definition) is 2. The lowest BCUT2D eigenvalue weighted by molar-refractivity contribution is -0.0399. The molecule has 2 aromatic rings. The van der Waals surface area contributed by atoms with Crippen molar-refractivity contribution in [2.24, 2.45) is 0 Å². The predicted molar refractivity (Wildman–Crippen MR) is 91.8 cm³/mol. The number of aliphatic hydroxyl groups is 1. The molecule has 0 aliphatic carbocycles. The van der Waals surface area contributed by atoms with E-state index in [1.807, 2.05) is 6.92 Å². The lowest BCUT2D eigenvalue weighted by Gasteiger charge is -2.16. The van der Waals surface area contributed by atoms with Gasteiger partial charge in [0.05, 0.1) is 17.6 Å². The SMILES string of the molecule is Cc1ccc(S(=O)(=O)OC[C@H]2O[C@@H](n3ccc(N)nc3=O)C[C@@H]2O)cc1. The van der Waals surface area contributed by atoms with E-state index in [1.54, 1.807) is 12.1 Å². The molecule has 9 nitrogen and oxygen atoms in total. The lowest BCUT2D eigenvalue weighted by atomic mass is 10.2. The zero-order valence-corrected chi connectivity index (χ0v) is 14.8. The molecule has 10 heteroatoms. The summed E-state index contributed by atoms with van der Waals surface area (Å²) >= 11 is 0. The summed E-state index contributed by atoms with van der Waals surface area (Å²) < 4.78 is 36.2. The van der Waals surface area contributed by atoms with Crippen LogP contribution in [0.3, 0.4) is 0 Å². The molecule has 3 rings (SSSR count). The van der Waals surface area contributed by atoms with Gasteiger partial charge in [0.15, 0.2) is 0 Å². The van der Waals surface area contributed by atoms with Crippen LogP contribution in [0.5, 0.6) is 0 Å². The molecule has 0 spiro atoms. The van der Waals surface area contributed by atoms with Gasteiger partial charge in [0.2, 0.25) is 0 Å². The molecule has 1 fully saturated rings. The van der Waals surface area contributed by atoms with Crippen LogP contribution in [-0.2, 0) is 19.0 Å². The molecule has 0 radical (unpaired) electrons. The summed E-state index contributed by atoms with van der Waals surface area (Å²) in [4.78, 5) is 15.5. The number of aromatic nitrogens is 2. The number of nitrogens with two attached hydrogens (primary N) is 1. The monoisotopic (exact) mass is 381 g/mol. The van der Waals surface area contributed by atoms with Gasteiger partial charge in [-0.1, -0.05) is 17.7 Å². The van der Waals surface area contributed by atoms with E-state index in [2.05, 4.69) is 4.98 Å². The summed E-state index contributed by atoms with van der Waals surface area (Å²) in [6, 6.07) is 7.64. The molecule has 2 heterocycles. The summed E-state index contributed by atoms with van der Waals surface area (Å²) in [7, 11) is -3.97. The average molecular weight is 381 g/mol. The van der Waals surface area contributed by atoms with Gasteiger partial charge in [-0.25, -0.2) is 4.79 Å². The molecular formula is C16H19N3O6S. The first-order chi connectivity index (χ1) is 12.3. The zero-order chi connectivity index (χ0) is 18.9. The standard InChI is InChI=1S/C16H19N3O6S/c1-10-2-4-11(5-3-10)26(22,23)24-9-13-12(20)8-15(25-13)19-7-6-14(17)18-16(19)21/h2-7,12-13,15,20H,8-9H2,1H3,(H2,17,18,21)/t12-,13+,15+/m0/s1. The number of nitrogen functional groups attached to an aromatic ring is 1. The molecule has 1 aromatic carbocycles. The number of nitrogens with zero attached hydrogens (tertiary/aromatic N) is 2. The van der Waals surface area contributed by atoms with Crippen LogP contribution in [0.25, 0.3) is 0 Å². The Labute approximate surface area is 150 Å². The Morgan fingerprint density at radius 3 is 2.69 bits per heavy atom.